The number of methoxy groups -OCH3 is 1. The Morgan fingerprint density at radius 2 is 1.50 bits per heavy atom. The van der Waals surface area contributed by atoms with Crippen LogP contribution in [0.2, 0.25) is 5.02 Å². The Hall–Kier alpha value is -2.45. The van der Waals surface area contributed by atoms with Crippen LogP contribution in [0.1, 0.15) is 0 Å². The van der Waals surface area contributed by atoms with Gasteiger partial charge in [0.2, 0.25) is 0 Å². The second-order valence-corrected chi connectivity index (χ2v) is 5.32. The topological polar surface area (TPSA) is 21.3 Å². The minimum atomic E-state index is 0.660. The van der Waals surface area contributed by atoms with Gasteiger partial charge >= 0.3 is 0 Å². The first kappa shape index (κ1) is 14.5. The van der Waals surface area contributed by atoms with Crippen LogP contribution in [0, 0.1) is 0 Å². The smallest absolute Gasteiger partial charge is 0.121 e. The molecule has 3 aromatic carbocycles. The minimum absolute atomic E-state index is 0.660. The van der Waals surface area contributed by atoms with Gasteiger partial charge in [-0.2, -0.15) is 0 Å². The molecule has 0 bridgehead atoms. The zero-order valence-electron chi connectivity index (χ0n) is 12.2. The SMILES string of the molecule is COc1ccc(Cl)c(Nc2ccc(-c3ccccc3)cc2)c1. The van der Waals surface area contributed by atoms with E-state index in [-0.39, 0.29) is 0 Å². The number of benzene rings is 3. The molecular formula is C19H16ClNO. The molecule has 0 unspecified atom stereocenters. The summed E-state index contributed by atoms with van der Waals surface area (Å²) in [5, 5.41) is 3.97. The van der Waals surface area contributed by atoms with Crippen LogP contribution in [0.15, 0.2) is 72.8 Å². The van der Waals surface area contributed by atoms with E-state index in [0.717, 1.165) is 17.1 Å². The molecule has 3 rings (SSSR count). The van der Waals surface area contributed by atoms with Gasteiger partial charge in [-0.05, 0) is 35.4 Å². The molecule has 0 atom stereocenters. The van der Waals surface area contributed by atoms with Crippen LogP contribution in [0.4, 0.5) is 11.4 Å². The van der Waals surface area contributed by atoms with Crippen LogP contribution in [-0.2, 0) is 0 Å². The molecule has 0 aliphatic rings. The van der Waals surface area contributed by atoms with E-state index in [1.54, 1.807) is 7.11 Å². The summed E-state index contributed by atoms with van der Waals surface area (Å²) >= 11 is 6.21. The molecule has 110 valence electrons. The van der Waals surface area contributed by atoms with Crippen molar-refractivity contribution in [3.05, 3.63) is 77.8 Å². The van der Waals surface area contributed by atoms with Crippen molar-refractivity contribution >= 4 is 23.0 Å². The molecule has 2 nitrogen and oxygen atoms in total. The van der Waals surface area contributed by atoms with E-state index in [9.17, 15) is 0 Å². The monoisotopic (exact) mass is 309 g/mol. The number of halogens is 1. The average molecular weight is 310 g/mol. The number of rotatable bonds is 4. The molecule has 0 saturated carbocycles. The molecule has 3 aromatic rings. The van der Waals surface area contributed by atoms with Gasteiger partial charge in [-0.25, -0.2) is 0 Å². The quantitative estimate of drug-likeness (QED) is 0.661. The molecule has 0 radical (unpaired) electrons. The normalized spacial score (nSPS) is 10.3. The van der Waals surface area contributed by atoms with Crippen molar-refractivity contribution in [3.8, 4) is 16.9 Å². The second-order valence-electron chi connectivity index (χ2n) is 4.91. The maximum atomic E-state index is 6.21. The zero-order valence-corrected chi connectivity index (χ0v) is 13.0. The van der Waals surface area contributed by atoms with Gasteiger partial charge in [0.15, 0.2) is 0 Å². The fraction of sp³-hybridized carbons (Fsp3) is 0.0526. The van der Waals surface area contributed by atoms with Crippen LogP contribution in [0.5, 0.6) is 5.75 Å². The van der Waals surface area contributed by atoms with Crippen LogP contribution in [0.25, 0.3) is 11.1 Å². The van der Waals surface area contributed by atoms with E-state index in [0.29, 0.717) is 5.02 Å². The lowest BCUT2D eigenvalue weighted by Gasteiger charge is -2.11. The fourth-order valence-corrected chi connectivity index (χ4v) is 2.42. The predicted octanol–water partition coefficient (Wildman–Crippen LogP) is 5.76. The van der Waals surface area contributed by atoms with Gasteiger partial charge < -0.3 is 10.1 Å². The summed E-state index contributed by atoms with van der Waals surface area (Å²) < 4.78 is 5.23. The van der Waals surface area contributed by atoms with Crippen molar-refractivity contribution in [2.75, 3.05) is 12.4 Å². The highest BCUT2D eigenvalue weighted by Gasteiger charge is 2.03. The molecule has 0 amide bonds. The van der Waals surface area contributed by atoms with Crippen molar-refractivity contribution in [3.63, 3.8) is 0 Å². The van der Waals surface area contributed by atoms with E-state index in [1.165, 1.54) is 11.1 Å². The van der Waals surface area contributed by atoms with Crippen LogP contribution in [-0.4, -0.2) is 7.11 Å². The first-order chi connectivity index (χ1) is 10.8. The van der Waals surface area contributed by atoms with Gasteiger partial charge in [0.05, 0.1) is 17.8 Å². The summed E-state index contributed by atoms with van der Waals surface area (Å²) in [7, 11) is 1.64. The molecule has 1 N–H and O–H groups in total. The summed E-state index contributed by atoms with van der Waals surface area (Å²) in [5.74, 6) is 0.771. The summed E-state index contributed by atoms with van der Waals surface area (Å²) in [5.41, 5.74) is 4.19. The van der Waals surface area contributed by atoms with E-state index in [1.807, 2.05) is 48.5 Å². The third kappa shape index (κ3) is 3.23. The lowest BCUT2D eigenvalue weighted by atomic mass is 10.1. The number of nitrogens with one attached hydrogen (secondary N) is 1. The Balaban J connectivity index is 1.82. The highest BCUT2D eigenvalue weighted by atomic mass is 35.5. The molecule has 0 aromatic heterocycles. The van der Waals surface area contributed by atoms with E-state index in [4.69, 9.17) is 16.3 Å². The summed E-state index contributed by atoms with van der Waals surface area (Å²) in [4.78, 5) is 0. The second kappa shape index (κ2) is 6.54. The molecule has 0 spiro atoms. The molecule has 0 aliphatic carbocycles. The van der Waals surface area contributed by atoms with Gasteiger partial charge in [-0.15, -0.1) is 0 Å². The highest BCUT2D eigenvalue weighted by molar-refractivity contribution is 6.33. The standard InChI is InChI=1S/C19H16ClNO/c1-22-17-11-12-18(20)19(13-17)21-16-9-7-15(8-10-16)14-5-3-2-4-6-14/h2-13,21H,1H3. The number of ether oxygens (including phenoxy) is 1. The summed E-state index contributed by atoms with van der Waals surface area (Å²) in [6, 6.07) is 24.1. The van der Waals surface area contributed by atoms with Gasteiger partial charge in [-0.1, -0.05) is 54.1 Å². The molecule has 3 heteroatoms. The Labute approximate surface area is 135 Å². The maximum absolute atomic E-state index is 6.21. The van der Waals surface area contributed by atoms with Crippen LogP contribution < -0.4 is 10.1 Å². The van der Waals surface area contributed by atoms with E-state index < -0.39 is 0 Å². The van der Waals surface area contributed by atoms with Gasteiger partial charge in [0.25, 0.3) is 0 Å². The summed E-state index contributed by atoms with van der Waals surface area (Å²) in [6.07, 6.45) is 0. The molecule has 22 heavy (non-hydrogen) atoms. The fourth-order valence-electron chi connectivity index (χ4n) is 2.26. The number of hydrogen-bond donors (Lipinski definition) is 1. The molecule has 0 heterocycles. The molecule has 0 fully saturated rings. The van der Waals surface area contributed by atoms with Crippen molar-refractivity contribution in [1.82, 2.24) is 0 Å². The third-order valence-electron chi connectivity index (χ3n) is 3.44. The van der Waals surface area contributed by atoms with Gasteiger partial charge in [0, 0.05) is 11.8 Å². The highest BCUT2D eigenvalue weighted by Crippen LogP contribution is 2.30. The molecule has 0 saturated heterocycles. The maximum Gasteiger partial charge on any atom is 0.121 e. The van der Waals surface area contributed by atoms with Crippen LogP contribution in [0.3, 0.4) is 0 Å². The Morgan fingerprint density at radius 1 is 0.818 bits per heavy atom. The van der Waals surface area contributed by atoms with Crippen molar-refractivity contribution in [1.29, 1.82) is 0 Å². The lowest BCUT2D eigenvalue weighted by Crippen LogP contribution is -1.92. The lowest BCUT2D eigenvalue weighted by molar-refractivity contribution is 0.415. The zero-order chi connectivity index (χ0) is 15.4. The number of anilines is 2. The third-order valence-corrected chi connectivity index (χ3v) is 3.77. The van der Waals surface area contributed by atoms with Crippen molar-refractivity contribution in [2.45, 2.75) is 0 Å². The molecule has 0 aliphatic heterocycles. The first-order valence-electron chi connectivity index (χ1n) is 7.02. The van der Waals surface area contributed by atoms with Crippen molar-refractivity contribution < 1.29 is 4.74 Å². The van der Waals surface area contributed by atoms with Gasteiger partial charge in [0.1, 0.15) is 5.75 Å². The minimum Gasteiger partial charge on any atom is -0.497 e. The van der Waals surface area contributed by atoms with E-state index >= 15 is 0 Å². The van der Waals surface area contributed by atoms with Crippen molar-refractivity contribution in [2.24, 2.45) is 0 Å². The first-order valence-corrected chi connectivity index (χ1v) is 7.40. The average Bonchev–Trinajstić information content (AvgIpc) is 2.58. The summed E-state index contributed by atoms with van der Waals surface area (Å²) in [6.45, 7) is 0. The van der Waals surface area contributed by atoms with Crippen LogP contribution >= 0.6 is 11.6 Å². The van der Waals surface area contributed by atoms with E-state index in [2.05, 4.69) is 29.6 Å². The number of hydrogen-bond acceptors (Lipinski definition) is 2. The largest absolute Gasteiger partial charge is 0.497 e. The Kier molecular flexibility index (Phi) is 4.31. The Bertz CT molecular complexity index is 754. The predicted molar refractivity (Wildman–Crippen MR) is 93.2 cm³/mol. The molecular weight excluding hydrogens is 294 g/mol. The Morgan fingerprint density at radius 3 is 2.18 bits per heavy atom. The van der Waals surface area contributed by atoms with Gasteiger partial charge in [-0.3, -0.25) is 0 Å².